The molecule has 2 aromatic heterocycles. The average Bonchev–Trinajstić information content (AvgIpc) is 2.79. The molecular weight excluding hydrogens is 345 g/mol. The van der Waals surface area contributed by atoms with Gasteiger partial charge < -0.3 is 4.74 Å². The smallest absolute Gasteiger partial charge is 0.433 e. The molecule has 0 spiro atoms. The second-order valence-corrected chi connectivity index (χ2v) is 5.52. The first-order valence-electron chi connectivity index (χ1n) is 7.12. The molecule has 130 valence electrons. The highest BCUT2D eigenvalue weighted by atomic mass is 19.4. The molecule has 0 N–H and O–H groups in total. The Morgan fingerprint density at radius 1 is 1.16 bits per heavy atom. The third-order valence-corrected chi connectivity index (χ3v) is 3.93. The predicted octanol–water partition coefficient (Wildman–Crippen LogP) is 5.30. The van der Waals surface area contributed by atoms with Crippen molar-refractivity contribution in [2.24, 2.45) is 0 Å². The topological polar surface area (TPSA) is 39.4 Å². The molecule has 9 heteroatoms. The zero-order valence-corrected chi connectivity index (χ0v) is 12.7. The number of pyridine rings is 2. The van der Waals surface area contributed by atoms with Crippen molar-refractivity contribution in [3.63, 3.8) is 0 Å². The van der Waals surface area contributed by atoms with E-state index in [1.807, 2.05) is 0 Å². The van der Waals surface area contributed by atoms with Gasteiger partial charge in [0.2, 0.25) is 5.69 Å². The molecule has 2 aromatic rings. The third kappa shape index (κ3) is 2.88. The van der Waals surface area contributed by atoms with Crippen molar-refractivity contribution in [1.29, 1.82) is 0 Å². The van der Waals surface area contributed by atoms with E-state index >= 15 is 0 Å². The van der Waals surface area contributed by atoms with Crippen LogP contribution in [0, 0.1) is 6.57 Å². The summed E-state index contributed by atoms with van der Waals surface area (Å²) < 4.78 is 73.1. The van der Waals surface area contributed by atoms with Gasteiger partial charge in [-0.1, -0.05) is 6.92 Å². The zero-order valence-electron chi connectivity index (χ0n) is 12.7. The summed E-state index contributed by atoms with van der Waals surface area (Å²) in [6.07, 6.45) is -6.06. The van der Waals surface area contributed by atoms with Crippen molar-refractivity contribution < 1.29 is 26.7 Å². The number of hydrogen-bond donors (Lipinski definition) is 0. The van der Waals surface area contributed by atoms with E-state index in [0.29, 0.717) is 6.20 Å². The van der Waals surface area contributed by atoms with Crippen LogP contribution in [0.1, 0.15) is 35.8 Å². The van der Waals surface area contributed by atoms with Crippen LogP contribution in [-0.4, -0.2) is 16.1 Å². The third-order valence-electron chi connectivity index (χ3n) is 3.93. The Balaban J connectivity index is 2.12. The largest absolute Gasteiger partial charge is 0.455 e. The fourth-order valence-corrected chi connectivity index (χ4v) is 2.80. The van der Waals surface area contributed by atoms with Gasteiger partial charge in [-0.05, 0) is 11.6 Å². The predicted molar refractivity (Wildman–Crippen MR) is 77.0 cm³/mol. The van der Waals surface area contributed by atoms with Gasteiger partial charge in [0.05, 0.1) is 19.0 Å². The highest BCUT2D eigenvalue weighted by Crippen LogP contribution is 2.52. The lowest BCUT2D eigenvalue weighted by Crippen LogP contribution is -2.14. The van der Waals surface area contributed by atoms with Gasteiger partial charge >= 0.3 is 6.18 Å². The molecule has 3 rings (SSSR count). The summed E-state index contributed by atoms with van der Waals surface area (Å²) in [4.78, 5) is 10.2. The number of alkyl halides is 5. The molecule has 1 aliphatic rings. The quantitative estimate of drug-likeness (QED) is 0.542. The molecule has 0 amide bonds. The summed E-state index contributed by atoms with van der Waals surface area (Å²) in [6, 6.07) is 1.28. The number of hydrogen-bond acceptors (Lipinski definition) is 3. The van der Waals surface area contributed by atoms with Crippen LogP contribution >= 0.6 is 0 Å². The van der Waals surface area contributed by atoms with Crippen molar-refractivity contribution in [2.75, 3.05) is 0 Å². The molecule has 25 heavy (non-hydrogen) atoms. The summed E-state index contributed by atoms with van der Waals surface area (Å²) in [5.41, 5.74) is -2.24. The number of ether oxygens (including phenoxy) is 1. The molecule has 2 heterocycles. The molecule has 0 saturated carbocycles. The van der Waals surface area contributed by atoms with Gasteiger partial charge in [-0.25, -0.2) is 18.6 Å². The molecule has 0 bridgehead atoms. The summed E-state index contributed by atoms with van der Waals surface area (Å²) in [6.45, 7) is 8.08. The SMILES string of the molecule is [C-]#[N+]c1cncc(Oc2cnc(C(F)(F)F)c3c2[C@@H](F)[C@@H](F)[C@H]3C)c1. The Morgan fingerprint density at radius 3 is 2.52 bits per heavy atom. The van der Waals surface area contributed by atoms with E-state index in [0.717, 1.165) is 0 Å². The van der Waals surface area contributed by atoms with Gasteiger partial charge in [0.15, 0.2) is 11.9 Å². The molecule has 1 aliphatic carbocycles. The van der Waals surface area contributed by atoms with Gasteiger partial charge in [0, 0.05) is 17.7 Å². The standard InChI is InChI=1S/C16H10F5N3O/c1-7-11-12(14(18)13(7)17)10(6-24-15(11)16(19,20)21)25-9-3-8(22-2)4-23-5-9/h3-7,13-14H,1H3/t7-,13-,14+/m0/s1. The number of nitrogens with zero attached hydrogens (tertiary/aromatic N) is 3. The van der Waals surface area contributed by atoms with E-state index in [4.69, 9.17) is 11.3 Å². The van der Waals surface area contributed by atoms with E-state index in [-0.39, 0.29) is 17.2 Å². The normalized spacial score (nSPS) is 22.4. The van der Waals surface area contributed by atoms with Crippen molar-refractivity contribution in [2.45, 2.75) is 31.4 Å². The molecular formula is C16H10F5N3O. The molecule has 4 nitrogen and oxygen atoms in total. The fourth-order valence-electron chi connectivity index (χ4n) is 2.80. The maximum atomic E-state index is 14.3. The summed E-state index contributed by atoms with van der Waals surface area (Å²) in [5.74, 6) is -1.63. The summed E-state index contributed by atoms with van der Waals surface area (Å²) in [5, 5.41) is 0. The second kappa shape index (κ2) is 5.95. The van der Waals surface area contributed by atoms with Crippen molar-refractivity contribution in [1.82, 2.24) is 9.97 Å². The number of halogens is 5. The highest BCUT2D eigenvalue weighted by molar-refractivity contribution is 5.53. The molecule has 0 fully saturated rings. The van der Waals surface area contributed by atoms with E-state index < -0.39 is 41.3 Å². The Hall–Kier alpha value is -2.76. The minimum atomic E-state index is -4.84. The van der Waals surface area contributed by atoms with Crippen molar-refractivity contribution >= 4 is 5.69 Å². The fraction of sp³-hybridized carbons (Fsp3) is 0.312. The molecule has 0 radical (unpaired) electrons. The Morgan fingerprint density at radius 2 is 1.88 bits per heavy atom. The number of aromatic nitrogens is 2. The van der Waals surface area contributed by atoms with Crippen LogP contribution in [0.15, 0.2) is 24.7 Å². The first-order valence-corrected chi connectivity index (χ1v) is 7.12. The monoisotopic (exact) mass is 355 g/mol. The summed E-state index contributed by atoms with van der Waals surface area (Å²) >= 11 is 0. The molecule has 3 atom stereocenters. The molecule has 0 saturated heterocycles. The van der Waals surface area contributed by atoms with Crippen LogP contribution < -0.4 is 4.74 Å². The van der Waals surface area contributed by atoms with Crippen LogP contribution in [0.3, 0.4) is 0 Å². The van der Waals surface area contributed by atoms with Crippen molar-refractivity contribution in [3.05, 3.63) is 52.9 Å². The van der Waals surface area contributed by atoms with Gasteiger partial charge in [-0.3, -0.25) is 4.98 Å². The van der Waals surface area contributed by atoms with Crippen molar-refractivity contribution in [3.8, 4) is 11.5 Å². The average molecular weight is 355 g/mol. The van der Waals surface area contributed by atoms with Crippen LogP contribution in [0.2, 0.25) is 0 Å². The number of fused-ring (bicyclic) bond motifs is 1. The maximum absolute atomic E-state index is 14.3. The maximum Gasteiger partial charge on any atom is 0.433 e. The minimum Gasteiger partial charge on any atom is -0.455 e. The number of rotatable bonds is 2. The van der Waals surface area contributed by atoms with Crippen LogP contribution in [-0.2, 0) is 6.18 Å². The lowest BCUT2D eigenvalue weighted by Gasteiger charge is -2.16. The molecule has 0 unspecified atom stereocenters. The second-order valence-electron chi connectivity index (χ2n) is 5.52. The van der Waals surface area contributed by atoms with E-state index in [1.165, 1.54) is 25.4 Å². The van der Waals surface area contributed by atoms with E-state index in [1.54, 1.807) is 0 Å². The van der Waals surface area contributed by atoms with Crippen LogP contribution in [0.5, 0.6) is 11.5 Å². The van der Waals surface area contributed by atoms with Crippen LogP contribution in [0.25, 0.3) is 4.85 Å². The first kappa shape index (κ1) is 17.1. The van der Waals surface area contributed by atoms with E-state index in [2.05, 4.69) is 14.8 Å². The lowest BCUT2D eigenvalue weighted by atomic mass is 10.0. The van der Waals surface area contributed by atoms with E-state index in [9.17, 15) is 22.0 Å². The summed E-state index contributed by atoms with van der Waals surface area (Å²) in [7, 11) is 0. The Kier molecular flexibility index (Phi) is 4.06. The lowest BCUT2D eigenvalue weighted by molar-refractivity contribution is -0.142. The van der Waals surface area contributed by atoms with Gasteiger partial charge in [0.1, 0.15) is 17.6 Å². The Labute approximate surface area is 139 Å². The van der Waals surface area contributed by atoms with Crippen LogP contribution in [0.4, 0.5) is 27.6 Å². The molecule has 0 aromatic carbocycles. The molecule has 0 aliphatic heterocycles. The zero-order chi connectivity index (χ0) is 18.4. The van der Waals surface area contributed by atoms with Gasteiger partial charge in [-0.15, -0.1) is 0 Å². The Bertz CT molecular complexity index is 862. The minimum absolute atomic E-state index is 0.0134. The van der Waals surface area contributed by atoms with Gasteiger partial charge in [-0.2, -0.15) is 13.2 Å². The first-order chi connectivity index (χ1) is 11.7. The van der Waals surface area contributed by atoms with Gasteiger partial charge in [0.25, 0.3) is 0 Å². The highest BCUT2D eigenvalue weighted by Gasteiger charge is 2.48.